The maximum absolute atomic E-state index is 13.7. The monoisotopic (exact) mass is 669 g/mol. The van der Waals surface area contributed by atoms with Gasteiger partial charge >= 0.3 is 6.03 Å². The number of carbonyl (C=O) groups is 2. The first-order chi connectivity index (χ1) is 23.8. The van der Waals surface area contributed by atoms with E-state index in [2.05, 4.69) is 44.1 Å². The molecule has 3 atom stereocenters. The minimum absolute atomic E-state index is 0.00753. The topological polar surface area (TPSA) is 106 Å². The van der Waals surface area contributed by atoms with E-state index in [1.807, 2.05) is 24.3 Å². The van der Waals surface area contributed by atoms with Gasteiger partial charge in [0.2, 0.25) is 5.79 Å². The molecule has 0 bridgehead atoms. The van der Waals surface area contributed by atoms with Crippen molar-refractivity contribution in [2.75, 3.05) is 67.2 Å². The van der Waals surface area contributed by atoms with E-state index in [0.717, 1.165) is 49.0 Å². The highest BCUT2D eigenvalue weighted by molar-refractivity contribution is 5.97. The van der Waals surface area contributed by atoms with Gasteiger partial charge in [-0.3, -0.25) is 9.69 Å². The summed E-state index contributed by atoms with van der Waals surface area (Å²) in [5.74, 6) is -0.738. The van der Waals surface area contributed by atoms with Gasteiger partial charge in [-0.2, -0.15) is 5.10 Å². The summed E-state index contributed by atoms with van der Waals surface area (Å²) in [6.07, 6.45) is 2.70. The van der Waals surface area contributed by atoms with E-state index in [1.165, 1.54) is 25.4 Å². The Kier molecular flexibility index (Phi) is 9.19. The van der Waals surface area contributed by atoms with Crippen LogP contribution in [-0.4, -0.2) is 96.1 Å². The van der Waals surface area contributed by atoms with E-state index in [-0.39, 0.29) is 30.3 Å². The average molecular weight is 670 g/mol. The maximum Gasteiger partial charge on any atom is 0.325 e. The molecular weight excluding hydrogens is 629 g/mol. The molecule has 3 aromatic carbocycles. The zero-order valence-electron chi connectivity index (χ0n) is 27.7. The lowest BCUT2D eigenvalue weighted by molar-refractivity contribution is -0.190. The summed E-state index contributed by atoms with van der Waals surface area (Å²) in [6.45, 7) is 8.77. The quantitative estimate of drug-likeness (QED) is 0.231. The summed E-state index contributed by atoms with van der Waals surface area (Å²) in [5, 5.41) is 4.19. The van der Waals surface area contributed by atoms with E-state index >= 15 is 0 Å². The minimum Gasteiger partial charge on any atom is -0.491 e. The number of aromatic nitrogens is 3. The number of hydrogen-bond donors (Lipinski definition) is 0. The van der Waals surface area contributed by atoms with Crippen LogP contribution in [0.25, 0.3) is 0 Å². The highest BCUT2D eigenvalue weighted by Gasteiger charge is 2.44. The molecule has 13 heteroatoms. The third kappa shape index (κ3) is 6.94. The largest absolute Gasteiger partial charge is 0.491 e. The van der Waals surface area contributed by atoms with Crippen LogP contribution in [0.3, 0.4) is 0 Å². The van der Waals surface area contributed by atoms with Gasteiger partial charge in [0.1, 0.15) is 43.5 Å². The molecule has 0 saturated carbocycles. The lowest BCUT2D eigenvalue weighted by atomic mass is 10.1. The molecule has 3 aliphatic heterocycles. The van der Waals surface area contributed by atoms with Gasteiger partial charge in [0, 0.05) is 61.9 Å². The Morgan fingerprint density at radius 2 is 1.55 bits per heavy atom. The summed E-state index contributed by atoms with van der Waals surface area (Å²) in [4.78, 5) is 36.8. The van der Waals surface area contributed by atoms with Gasteiger partial charge in [0.05, 0.1) is 12.6 Å². The number of piperazine rings is 1. The predicted molar refractivity (Wildman–Crippen MR) is 181 cm³/mol. The zero-order chi connectivity index (χ0) is 34.0. The summed E-state index contributed by atoms with van der Waals surface area (Å²) in [7, 11) is 0. The number of nitrogens with zero attached hydrogens (tertiary/aromatic N) is 7. The van der Waals surface area contributed by atoms with Gasteiger partial charge in [-0.25, -0.2) is 18.9 Å². The fourth-order valence-corrected chi connectivity index (χ4v) is 6.58. The minimum atomic E-state index is -1.13. The van der Waals surface area contributed by atoms with Crippen molar-refractivity contribution >= 4 is 28.9 Å². The Morgan fingerprint density at radius 3 is 2.16 bits per heavy atom. The first kappa shape index (κ1) is 32.5. The molecule has 3 saturated heterocycles. The molecule has 3 aliphatic rings. The number of carbonyl (C=O) groups excluding carboxylic acids is 2. The SMILES string of the molecule is CC(=O)C(C)N1CCN(c2ccc(N3CCN(c4ccc(OCC5COC(Cn6cncn6)(c6ccc(F)cc6)O5)cc4)CC3)cc2)C1=O. The number of urea groups is 1. The van der Waals surface area contributed by atoms with Gasteiger partial charge in [-0.05, 0) is 74.5 Å². The summed E-state index contributed by atoms with van der Waals surface area (Å²) < 4.78 is 34.0. The molecule has 0 N–H and O–H groups in total. The summed E-state index contributed by atoms with van der Waals surface area (Å²) in [6, 6.07) is 21.8. The molecule has 4 aromatic rings. The summed E-state index contributed by atoms with van der Waals surface area (Å²) in [5.41, 5.74) is 3.79. The lowest BCUT2D eigenvalue weighted by Crippen LogP contribution is -2.46. The second-order valence-corrected chi connectivity index (χ2v) is 12.6. The zero-order valence-corrected chi connectivity index (χ0v) is 27.7. The van der Waals surface area contributed by atoms with E-state index in [4.69, 9.17) is 14.2 Å². The molecular formula is C36H40FN7O5. The normalized spacial score (nSPS) is 21.8. The van der Waals surface area contributed by atoms with Gasteiger partial charge < -0.3 is 28.9 Å². The molecule has 7 rings (SSSR count). The third-order valence-electron chi connectivity index (χ3n) is 9.52. The highest BCUT2D eigenvalue weighted by Crippen LogP contribution is 2.36. The second kappa shape index (κ2) is 13.8. The van der Waals surface area contributed by atoms with Crippen LogP contribution in [0, 0.1) is 5.82 Å². The van der Waals surface area contributed by atoms with Crippen LogP contribution < -0.4 is 19.4 Å². The second-order valence-electron chi connectivity index (χ2n) is 12.6. The molecule has 49 heavy (non-hydrogen) atoms. The van der Waals surface area contributed by atoms with Crippen LogP contribution in [0.15, 0.2) is 85.5 Å². The van der Waals surface area contributed by atoms with Crippen molar-refractivity contribution in [1.82, 2.24) is 19.7 Å². The smallest absolute Gasteiger partial charge is 0.325 e. The number of benzene rings is 3. The Bertz CT molecular complexity index is 1730. The van der Waals surface area contributed by atoms with E-state index in [0.29, 0.717) is 31.9 Å². The molecule has 256 valence electrons. The molecule has 0 radical (unpaired) electrons. The molecule has 3 unspecified atom stereocenters. The molecule has 1 aromatic heterocycles. The van der Waals surface area contributed by atoms with Crippen molar-refractivity contribution in [3.8, 4) is 5.75 Å². The van der Waals surface area contributed by atoms with Crippen LogP contribution in [0.4, 0.5) is 26.2 Å². The number of anilines is 3. The fraction of sp³-hybridized carbons (Fsp3) is 0.389. The summed E-state index contributed by atoms with van der Waals surface area (Å²) >= 11 is 0. The molecule has 12 nitrogen and oxygen atoms in total. The Hall–Kier alpha value is -5.01. The highest BCUT2D eigenvalue weighted by atomic mass is 19.1. The number of hydrogen-bond acceptors (Lipinski definition) is 9. The molecule has 0 spiro atoms. The molecule has 3 fully saturated rings. The standard InChI is InChI=1S/C36H40FN7O5/c1-26(27(2)45)43-19-20-44(35(43)46)32-9-7-30(8-10-32)40-15-17-41(18-16-40)31-11-13-33(14-12-31)47-21-34-22-48-36(49-34,23-42-25-38-24-39-42)28-3-5-29(37)6-4-28/h3-14,24-26,34H,15-23H2,1-2H3. The van der Waals surface area contributed by atoms with Crippen molar-refractivity contribution in [3.63, 3.8) is 0 Å². The Labute approximate surface area is 284 Å². The van der Waals surface area contributed by atoms with Crippen LogP contribution in [0.1, 0.15) is 19.4 Å². The number of ketones is 1. The van der Waals surface area contributed by atoms with E-state index < -0.39 is 11.8 Å². The Morgan fingerprint density at radius 1 is 0.918 bits per heavy atom. The van der Waals surface area contributed by atoms with Crippen LogP contribution >= 0.6 is 0 Å². The fourth-order valence-electron chi connectivity index (χ4n) is 6.58. The van der Waals surface area contributed by atoms with Crippen molar-refractivity contribution < 1.29 is 28.2 Å². The van der Waals surface area contributed by atoms with Gasteiger partial charge in [0.25, 0.3) is 0 Å². The number of rotatable bonds is 11. The van der Waals surface area contributed by atoms with E-state index in [9.17, 15) is 14.0 Å². The molecule has 2 amide bonds. The number of ether oxygens (including phenoxy) is 3. The third-order valence-corrected chi connectivity index (χ3v) is 9.52. The average Bonchev–Trinajstić information content (AvgIpc) is 3.89. The number of Topliss-reactive ketones (excluding diaryl/α,β-unsaturated/α-hetero) is 1. The van der Waals surface area contributed by atoms with Crippen LogP contribution in [0.2, 0.25) is 0 Å². The number of amides is 2. The van der Waals surface area contributed by atoms with Gasteiger partial charge in [0.15, 0.2) is 5.78 Å². The lowest BCUT2D eigenvalue weighted by Gasteiger charge is -2.37. The molecule has 0 aliphatic carbocycles. The molecule has 4 heterocycles. The van der Waals surface area contributed by atoms with E-state index in [1.54, 1.807) is 39.9 Å². The Balaban J connectivity index is 0.899. The van der Waals surface area contributed by atoms with Gasteiger partial charge in [-0.15, -0.1) is 0 Å². The van der Waals surface area contributed by atoms with Crippen LogP contribution in [0.5, 0.6) is 5.75 Å². The van der Waals surface area contributed by atoms with Crippen molar-refractivity contribution in [1.29, 1.82) is 0 Å². The predicted octanol–water partition coefficient (Wildman–Crippen LogP) is 4.31. The maximum atomic E-state index is 13.7. The van der Waals surface area contributed by atoms with Crippen molar-refractivity contribution in [3.05, 3.63) is 96.8 Å². The van der Waals surface area contributed by atoms with Gasteiger partial charge in [-0.1, -0.05) is 12.1 Å². The van der Waals surface area contributed by atoms with Crippen LogP contribution in [-0.2, 0) is 26.6 Å². The number of halogens is 1. The van der Waals surface area contributed by atoms with Crippen molar-refractivity contribution in [2.45, 2.75) is 38.3 Å². The van der Waals surface area contributed by atoms with Crippen molar-refractivity contribution in [2.24, 2.45) is 0 Å². The first-order valence-electron chi connectivity index (χ1n) is 16.6. The first-order valence-corrected chi connectivity index (χ1v) is 16.6.